The molecule has 0 amide bonds. The normalized spacial score (nSPS) is 50.6. The van der Waals surface area contributed by atoms with Crippen LogP contribution in [0.3, 0.4) is 0 Å². The number of ether oxygens (including phenoxy) is 8. The first-order valence-electron chi connectivity index (χ1n) is 27.7. The Hall–Kier alpha value is -2.83. The summed E-state index contributed by atoms with van der Waals surface area (Å²) in [6.07, 6.45) is -26.5. The van der Waals surface area contributed by atoms with Gasteiger partial charge in [0.1, 0.15) is 79.4 Å². The lowest BCUT2D eigenvalue weighted by Gasteiger charge is -2.72. The standard InChI is InChI=1S/C55H86O24/c1-10-23(2)46(71)79-43-44(72-24(3)60)55(22-59)26(17-50(43,4)5)25-11-12-30-51(6)15-14-32(52(7,21-58)29(51)13-16-53(30,8)54(25,9)18-31(55)61)75-49-41(77-48-38(67)36(65)34(63)28(20-57)74-48)39(68)40(42(78-49)45(69)70)76-47-37(66)35(64)33(62)27(19-56)73-47/h10-11,26-44,47-49,56-59,61-68H,12-22H2,1-9H3,(H,69,70)/b23-10-/t26?,27?,28?,29?,30?,31-,32+,33-,34-,35?,36?,37?,38?,39?,40+,41?,42?,43+,44+,47+,48+,49-,51+,52-,53-,54-,55+/m1/s1. The van der Waals surface area contributed by atoms with E-state index in [0.717, 1.165) is 5.57 Å². The van der Waals surface area contributed by atoms with E-state index in [1.165, 1.54) is 6.92 Å². The van der Waals surface area contributed by atoms with Crippen LogP contribution in [0.2, 0.25) is 0 Å². The molecule has 24 heteroatoms. The van der Waals surface area contributed by atoms with Gasteiger partial charge in [-0.2, -0.15) is 0 Å². The Balaban J connectivity index is 1.12. The zero-order valence-corrected chi connectivity index (χ0v) is 46.4. The van der Waals surface area contributed by atoms with Crippen LogP contribution in [0, 0.1) is 50.2 Å². The Morgan fingerprint density at radius 1 is 0.658 bits per heavy atom. The molecule has 0 bridgehead atoms. The van der Waals surface area contributed by atoms with Gasteiger partial charge in [0.2, 0.25) is 0 Å². The van der Waals surface area contributed by atoms with Crippen molar-refractivity contribution in [3.63, 3.8) is 0 Å². The number of aliphatic hydroxyl groups is 12. The third-order valence-corrected chi connectivity index (χ3v) is 21.1. The lowest BCUT2D eigenvalue weighted by atomic mass is 9.33. The van der Waals surface area contributed by atoms with E-state index in [9.17, 15) is 80.8 Å². The third-order valence-electron chi connectivity index (χ3n) is 21.1. The predicted octanol–water partition coefficient (Wildman–Crippen LogP) is -1.32. The second kappa shape index (κ2) is 22.6. The van der Waals surface area contributed by atoms with Gasteiger partial charge < -0.3 is 104 Å². The Morgan fingerprint density at radius 3 is 1.76 bits per heavy atom. The molecule has 0 aromatic heterocycles. The highest BCUT2D eigenvalue weighted by Crippen LogP contribution is 2.76. The number of allylic oxidation sites excluding steroid dienone is 3. The van der Waals surface area contributed by atoms with E-state index in [-0.39, 0.29) is 24.7 Å². The van der Waals surface area contributed by atoms with Gasteiger partial charge in [-0.3, -0.25) is 4.79 Å². The van der Waals surface area contributed by atoms with Crippen molar-refractivity contribution in [2.75, 3.05) is 26.4 Å². The number of rotatable bonds is 14. The van der Waals surface area contributed by atoms with Gasteiger partial charge in [0.25, 0.3) is 0 Å². The van der Waals surface area contributed by atoms with Crippen molar-refractivity contribution in [3.8, 4) is 0 Å². The summed E-state index contributed by atoms with van der Waals surface area (Å²) in [5.74, 6) is -3.88. The average Bonchev–Trinajstić information content (AvgIpc) is 3.25. The maximum absolute atomic E-state index is 13.4. The highest BCUT2D eigenvalue weighted by molar-refractivity contribution is 5.87. The number of hydrogen-bond donors (Lipinski definition) is 13. The van der Waals surface area contributed by atoms with Gasteiger partial charge in [-0.1, -0.05) is 59.3 Å². The van der Waals surface area contributed by atoms with Gasteiger partial charge in [-0.25, -0.2) is 9.59 Å². The summed E-state index contributed by atoms with van der Waals surface area (Å²) in [5.41, 5.74) is -3.78. The highest BCUT2D eigenvalue weighted by Gasteiger charge is 2.74. The molecule has 12 unspecified atom stereocenters. The molecule has 24 nitrogen and oxygen atoms in total. The lowest BCUT2D eigenvalue weighted by Crippen LogP contribution is -2.72. The first-order chi connectivity index (χ1) is 36.9. The number of hydrogen-bond acceptors (Lipinski definition) is 23. The van der Waals surface area contributed by atoms with Crippen LogP contribution in [0.5, 0.6) is 0 Å². The van der Waals surface area contributed by atoms with Crippen LogP contribution >= 0.6 is 0 Å². The predicted molar refractivity (Wildman–Crippen MR) is 269 cm³/mol. The van der Waals surface area contributed by atoms with E-state index in [4.69, 9.17) is 37.9 Å². The molecule has 0 radical (unpaired) electrons. The fourth-order valence-electron chi connectivity index (χ4n) is 16.2. The van der Waals surface area contributed by atoms with Crippen LogP contribution in [0.25, 0.3) is 0 Å². The van der Waals surface area contributed by atoms with E-state index in [1.54, 1.807) is 19.9 Å². The SMILES string of the molecule is C/C=C(/C)C(=O)O[C@H]1[C@H](OC(C)=O)[C@@]2(CO)C(CC1(C)C)C1=CCC3[C@@]4(C)CC[C@H](O[C@@H]5OC(C(=O)O)[C@@H](O[C@@H]6OC(CO)[C@@H](O)C(O)C6O)C(O)C5O[C@@H]5OC(CO)[C@@H](O)C(O)C5O)[C@](C)(CO)C4CC[C@@]3(C)[C@]1(C)C[C@H]2O. The smallest absolute Gasteiger partial charge is 0.335 e. The minimum Gasteiger partial charge on any atom is -0.479 e. The summed E-state index contributed by atoms with van der Waals surface area (Å²) in [6.45, 7) is 14.1. The summed E-state index contributed by atoms with van der Waals surface area (Å²) in [5, 5.41) is 143. The third kappa shape index (κ3) is 9.94. The van der Waals surface area contributed by atoms with Crippen LogP contribution < -0.4 is 0 Å². The minimum absolute atomic E-state index is 0.0849. The monoisotopic (exact) mass is 1130 g/mol. The topological polar surface area (TPSA) is 388 Å². The number of aliphatic hydroxyl groups excluding tert-OH is 12. The number of carbonyl (C=O) groups excluding carboxylic acids is 2. The number of carboxylic acid groups (broad SMARTS) is 1. The quantitative estimate of drug-likeness (QED) is 0.0415. The molecular weight excluding hydrogens is 1040 g/mol. The molecule has 4 saturated carbocycles. The maximum Gasteiger partial charge on any atom is 0.335 e. The van der Waals surface area contributed by atoms with Crippen LogP contribution in [-0.4, -0.2) is 227 Å². The molecule has 0 aromatic carbocycles. The van der Waals surface area contributed by atoms with E-state index < -0.39 is 199 Å². The first kappa shape index (κ1) is 62.2. The van der Waals surface area contributed by atoms with E-state index in [2.05, 4.69) is 26.8 Å². The molecule has 8 rings (SSSR count). The van der Waals surface area contributed by atoms with Crippen LogP contribution in [0.1, 0.15) is 107 Å². The molecule has 450 valence electrons. The summed E-state index contributed by atoms with van der Waals surface area (Å²) in [7, 11) is 0. The summed E-state index contributed by atoms with van der Waals surface area (Å²) in [6, 6.07) is 0. The van der Waals surface area contributed by atoms with Gasteiger partial charge in [0.05, 0.1) is 44.1 Å². The molecule has 5 aliphatic carbocycles. The van der Waals surface area contributed by atoms with Crippen molar-refractivity contribution in [3.05, 3.63) is 23.3 Å². The molecule has 13 N–H and O–H groups in total. The summed E-state index contributed by atoms with van der Waals surface area (Å²) >= 11 is 0. The molecule has 7 fully saturated rings. The molecular formula is C55H86O24. The maximum atomic E-state index is 13.4. The summed E-state index contributed by atoms with van der Waals surface area (Å²) in [4.78, 5) is 39.5. The largest absolute Gasteiger partial charge is 0.479 e. The van der Waals surface area contributed by atoms with Gasteiger partial charge >= 0.3 is 17.9 Å². The van der Waals surface area contributed by atoms with Gasteiger partial charge in [-0.05, 0) is 92.8 Å². The van der Waals surface area contributed by atoms with Crippen molar-refractivity contribution >= 4 is 17.9 Å². The summed E-state index contributed by atoms with van der Waals surface area (Å²) < 4.78 is 48.2. The first-order valence-corrected chi connectivity index (χ1v) is 27.7. The lowest BCUT2D eigenvalue weighted by molar-refractivity contribution is -0.392. The molecule has 79 heavy (non-hydrogen) atoms. The molecule has 3 aliphatic heterocycles. The Labute approximate surface area is 459 Å². The van der Waals surface area contributed by atoms with Crippen molar-refractivity contribution < 1.29 is 119 Å². The number of esters is 2. The Kier molecular flexibility index (Phi) is 17.8. The number of aliphatic carboxylic acids is 1. The van der Waals surface area contributed by atoms with Crippen molar-refractivity contribution in [1.82, 2.24) is 0 Å². The number of fused-ring (bicyclic) bond motifs is 7. The van der Waals surface area contributed by atoms with Crippen LogP contribution in [0.4, 0.5) is 0 Å². The second-order valence-corrected chi connectivity index (χ2v) is 25.5. The van der Waals surface area contributed by atoms with Crippen molar-refractivity contribution in [2.45, 2.75) is 224 Å². The number of carboxylic acids is 1. The zero-order valence-electron chi connectivity index (χ0n) is 46.4. The molecule has 27 atom stereocenters. The zero-order chi connectivity index (χ0) is 58.4. The fourth-order valence-corrected chi connectivity index (χ4v) is 16.2. The highest BCUT2D eigenvalue weighted by atomic mass is 16.8. The van der Waals surface area contributed by atoms with Crippen molar-refractivity contribution in [2.24, 2.45) is 50.2 Å². The van der Waals surface area contributed by atoms with Gasteiger partial charge in [0.15, 0.2) is 25.0 Å². The number of carbonyl (C=O) groups is 3. The minimum atomic E-state index is -2.18. The fraction of sp³-hybridized carbons (Fsp3) is 0.873. The van der Waals surface area contributed by atoms with Crippen LogP contribution in [0.15, 0.2) is 23.3 Å². The van der Waals surface area contributed by atoms with Gasteiger partial charge in [0, 0.05) is 23.3 Å². The molecule has 8 aliphatic rings. The van der Waals surface area contributed by atoms with Crippen LogP contribution in [-0.2, 0) is 52.3 Å². The molecule has 0 spiro atoms. The Morgan fingerprint density at radius 2 is 1.24 bits per heavy atom. The second-order valence-electron chi connectivity index (χ2n) is 25.5. The molecule has 0 aromatic rings. The Bertz CT molecular complexity index is 2290. The molecule has 3 heterocycles. The molecule has 3 saturated heterocycles. The average molecular weight is 1130 g/mol. The van der Waals surface area contributed by atoms with Crippen molar-refractivity contribution in [1.29, 1.82) is 0 Å². The van der Waals surface area contributed by atoms with Gasteiger partial charge in [-0.15, -0.1) is 0 Å². The van der Waals surface area contributed by atoms with E-state index in [1.807, 2.05) is 20.8 Å². The van der Waals surface area contributed by atoms with E-state index >= 15 is 0 Å². The van der Waals surface area contributed by atoms with E-state index in [0.29, 0.717) is 37.7 Å².